The molecular weight excluding hydrogens is 238 g/mol. The fraction of sp³-hybridized carbons (Fsp3) is 0.267. The summed E-state index contributed by atoms with van der Waals surface area (Å²) < 4.78 is 7.51. The van der Waals surface area contributed by atoms with Crippen molar-refractivity contribution >= 4 is 11.0 Å². The van der Waals surface area contributed by atoms with Crippen LogP contribution in [0.15, 0.2) is 47.1 Å². The molecule has 0 spiro atoms. The van der Waals surface area contributed by atoms with Gasteiger partial charge < -0.3 is 14.3 Å². The summed E-state index contributed by atoms with van der Waals surface area (Å²) in [6, 6.07) is 12.2. The monoisotopic (exact) mass is 255 g/mol. The molecule has 0 aliphatic heterocycles. The van der Waals surface area contributed by atoms with Gasteiger partial charge in [-0.2, -0.15) is 0 Å². The normalized spacial score (nSPS) is 12.9. The van der Waals surface area contributed by atoms with Crippen molar-refractivity contribution in [2.75, 3.05) is 0 Å². The maximum atomic E-state index is 5.38. The quantitative estimate of drug-likeness (QED) is 0.779. The van der Waals surface area contributed by atoms with Gasteiger partial charge in [0.15, 0.2) is 0 Å². The molecule has 0 saturated carbocycles. The Morgan fingerprint density at radius 1 is 1.26 bits per heavy atom. The van der Waals surface area contributed by atoms with Gasteiger partial charge in [0, 0.05) is 7.05 Å². The second-order valence-electron chi connectivity index (χ2n) is 4.69. The Hall–Kier alpha value is -2.07. The molecule has 0 radical (unpaired) electrons. The Morgan fingerprint density at radius 3 is 2.84 bits per heavy atom. The molecule has 1 atom stereocenters. The Morgan fingerprint density at radius 2 is 2.11 bits per heavy atom. The SMILES string of the molecule is C[C@H](NCc1nc2ccccc2n1C)c1ccco1. The number of imidazole rings is 1. The predicted octanol–water partition coefficient (Wildman–Crippen LogP) is 3.02. The van der Waals surface area contributed by atoms with Gasteiger partial charge in [-0.3, -0.25) is 0 Å². The fourth-order valence-electron chi connectivity index (χ4n) is 2.24. The van der Waals surface area contributed by atoms with E-state index in [1.807, 2.05) is 37.4 Å². The zero-order valence-electron chi connectivity index (χ0n) is 11.1. The highest BCUT2D eigenvalue weighted by Gasteiger charge is 2.11. The first-order valence-electron chi connectivity index (χ1n) is 6.43. The summed E-state index contributed by atoms with van der Waals surface area (Å²) >= 11 is 0. The molecule has 0 fully saturated rings. The Balaban J connectivity index is 1.77. The van der Waals surface area contributed by atoms with Crippen LogP contribution < -0.4 is 5.32 Å². The highest BCUT2D eigenvalue weighted by atomic mass is 16.3. The second kappa shape index (κ2) is 4.90. The number of nitrogens with zero attached hydrogens (tertiary/aromatic N) is 2. The fourth-order valence-corrected chi connectivity index (χ4v) is 2.24. The molecule has 4 nitrogen and oxygen atoms in total. The maximum Gasteiger partial charge on any atom is 0.123 e. The van der Waals surface area contributed by atoms with Gasteiger partial charge in [-0.1, -0.05) is 12.1 Å². The van der Waals surface area contributed by atoms with Crippen LogP contribution >= 0.6 is 0 Å². The summed E-state index contributed by atoms with van der Waals surface area (Å²) in [6.07, 6.45) is 1.70. The number of hydrogen-bond acceptors (Lipinski definition) is 3. The summed E-state index contributed by atoms with van der Waals surface area (Å²) in [7, 11) is 2.05. The van der Waals surface area contributed by atoms with E-state index in [0.29, 0.717) is 6.54 Å². The van der Waals surface area contributed by atoms with Crippen molar-refractivity contribution in [1.82, 2.24) is 14.9 Å². The average molecular weight is 255 g/mol. The zero-order chi connectivity index (χ0) is 13.2. The molecule has 98 valence electrons. The van der Waals surface area contributed by atoms with Crippen LogP contribution in [0.3, 0.4) is 0 Å². The van der Waals surface area contributed by atoms with Crippen molar-refractivity contribution in [3.05, 3.63) is 54.2 Å². The number of fused-ring (bicyclic) bond motifs is 1. The molecule has 4 heteroatoms. The maximum absolute atomic E-state index is 5.38. The molecule has 0 saturated heterocycles. The first-order chi connectivity index (χ1) is 9.25. The molecule has 1 aromatic carbocycles. The minimum atomic E-state index is 0.176. The topological polar surface area (TPSA) is 43.0 Å². The van der Waals surface area contributed by atoms with Crippen LogP contribution in [0.5, 0.6) is 0 Å². The molecule has 0 aliphatic carbocycles. The van der Waals surface area contributed by atoms with E-state index in [-0.39, 0.29) is 6.04 Å². The van der Waals surface area contributed by atoms with Crippen molar-refractivity contribution in [2.45, 2.75) is 19.5 Å². The summed E-state index contributed by atoms with van der Waals surface area (Å²) in [5, 5.41) is 3.43. The summed E-state index contributed by atoms with van der Waals surface area (Å²) in [5.74, 6) is 1.97. The number of para-hydroxylation sites is 2. The standard InChI is InChI=1S/C15H17N3O/c1-11(14-8-5-9-19-14)16-10-15-17-12-6-3-4-7-13(12)18(15)2/h3-9,11,16H,10H2,1-2H3/t11-/m0/s1. The highest BCUT2D eigenvalue weighted by Crippen LogP contribution is 2.16. The summed E-state index contributed by atoms with van der Waals surface area (Å²) in [5.41, 5.74) is 2.19. The minimum Gasteiger partial charge on any atom is -0.468 e. The molecule has 19 heavy (non-hydrogen) atoms. The van der Waals surface area contributed by atoms with Crippen LogP contribution in [-0.2, 0) is 13.6 Å². The number of benzene rings is 1. The van der Waals surface area contributed by atoms with Crippen LogP contribution in [0.4, 0.5) is 0 Å². The van der Waals surface area contributed by atoms with Crippen molar-refractivity contribution in [3.8, 4) is 0 Å². The predicted molar refractivity (Wildman–Crippen MR) is 74.7 cm³/mol. The van der Waals surface area contributed by atoms with E-state index in [2.05, 4.69) is 27.9 Å². The Kier molecular flexibility index (Phi) is 3.09. The lowest BCUT2D eigenvalue weighted by Crippen LogP contribution is -2.19. The molecule has 3 rings (SSSR count). The highest BCUT2D eigenvalue weighted by molar-refractivity contribution is 5.75. The van der Waals surface area contributed by atoms with Gasteiger partial charge in [0.1, 0.15) is 11.6 Å². The third-order valence-electron chi connectivity index (χ3n) is 3.42. The van der Waals surface area contributed by atoms with Gasteiger partial charge in [0.2, 0.25) is 0 Å². The third kappa shape index (κ3) is 2.27. The van der Waals surface area contributed by atoms with Crippen LogP contribution in [0, 0.1) is 0 Å². The van der Waals surface area contributed by atoms with Crippen LogP contribution in [0.2, 0.25) is 0 Å². The summed E-state index contributed by atoms with van der Waals surface area (Å²) in [6.45, 7) is 2.80. The molecule has 3 aromatic rings. The van der Waals surface area contributed by atoms with E-state index >= 15 is 0 Å². The third-order valence-corrected chi connectivity index (χ3v) is 3.42. The van der Waals surface area contributed by atoms with E-state index in [1.165, 1.54) is 0 Å². The number of hydrogen-bond donors (Lipinski definition) is 1. The van der Waals surface area contributed by atoms with E-state index in [1.54, 1.807) is 6.26 Å². The van der Waals surface area contributed by atoms with Gasteiger partial charge in [-0.05, 0) is 31.2 Å². The Labute approximate surface area is 112 Å². The number of aryl methyl sites for hydroxylation is 1. The second-order valence-corrected chi connectivity index (χ2v) is 4.69. The molecular formula is C15H17N3O. The largest absolute Gasteiger partial charge is 0.468 e. The van der Waals surface area contributed by atoms with Gasteiger partial charge in [-0.25, -0.2) is 4.98 Å². The molecule has 0 aliphatic rings. The van der Waals surface area contributed by atoms with Gasteiger partial charge in [0.25, 0.3) is 0 Å². The molecule has 2 heterocycles. The van der Waals surface area contributed by atoms with Crippen molar-refractivity contribution in [3.63, 3.8) is 0 Å². The lowest BCUT2D eigenvalue weighted by Gasteiger charge is -2.10. The first kappa shape index (κ1) is 12.0. The van der Waals surface area contributed by atoms with E-state index in [0.717, 1.165) is 22.6 Å². The van der Waals surface area contributed by atoms with Gasteiger partial charge >= 0.3 is 0 Å². The van der Waals surface area contributed by atoms with Crippen LogP contribution in [0.1, 0.15) is 24.6 Å². The zero-order valence-corrected chi connectivity index (χ0v) is 11.1. The van der Waals surface area contributed by atoms with E-state index < -0.39 is 0 Å². The van der Waals surface area contributed by atoms with E-state index in [9.17, 15) is 0 Å². The molecule has 2 aromatic heterocycles. The molecule has 0 bridgehead atoms. The van der Waals surface area contributed by atoms with Crippen molar-refractivity contribution in [1.29, 1.82) is 0 Å². The summed E-state index contributed by atoms with van der Waals surface area (Å²) in [4.78, 5) is 4.64. The van der Waals surface area contributed by atoms with Crippen LogP contribution in [0.25, 0.3) is 11.0 Å². The van der Waals surface area contributed by atoms with Gasteiger partial charge in [-0.15, -0.1) is 0 Å². The number of rotatable bonds is 4. The number of nitrogens with one attached hydrogen (secondary N) is 1. The lowest BCUT2D eigenvalue weighted by atomic mass is 10.2. The molecule has 0 unspecified atom stereocenters. The molecule has 0 amide bonds. The number of furan rings is 1. The molecule has 1 N–H and O–H groups in total. The van der Waals surface area contributed by atoms with Crippen LogP contribution in [-0.4, -0.2) is 9.55 Å². The average Bonchev–Trinajstić information content (AvgIpc) is 3.05. The lowest BCUT2D eigenvalue weighted by molar-refractivity contribution is 0.425. The smallest absolute Gasteiger partial charge is 0.123 e. The van der Waals surface area contributed by atoms with Crippen molar-refractivity contribution < 1.29 is 4.42 Å². The minimum absolute atomic E-state index is 0.176. The van der Waals surface area contributed by atoms with Gasteiger partial charge in [0.05, 0.1) is 29.9 Å². The number of aromatic nitrogens is 2. The van der Waals surface area contributed by atoms with E-state index in [4.69, 9.17) is 4.42 Å². The van der Waals surface area contributed by atoms with Crippen molar-refractivity contribution in [2.24, 2.45) is 7.05 Å². The first-order valence-corrected chi connectivity index (χ1v) is 6.43. The Bertz CT molecular complexity index is 670.